The molecule has 1 N–H and O–H groups in total. The minimum atomic E-state index is 0.0266. The highest BCUT2D eigenvalue weighted by atomic mass is 16.3. The third-order valence-electron chi connectivity index (χ3n) is 4.67. The third kappa shape index (κ3) is 3.35. The van der Waals surface area contributed by atoms with Crippen LogP contribution in [0.2, 0.25) is 0 Å². The molecular formula is C21H23NO2. The van der Waals surface area contributed by atoms with E-state index in [0.717, 1.165) is 22.1 Å². The standard InChI is InChI=1S/C21H23NO2/c1-14-9-10-19-18(13-24-21(19)16(14)3)11-20(23)22-12-15(2)17-7-5-4-6-8-17/h4-10,13,15H,11-12H2,1-3H3,(H,22,23)/t15-/m0/s1. The van der Waals surface area contributed by atoms with Crippen LogP contribution in [-0.2, 0) is 11.2 Å². The quantitative estimate of drug-likeness (QED) is 0.751. The third-order valence-corrected chi connectivity index (χ3v) is 4.67. The Kier molecular flexibility index (Phi) is 4.70. The van der Waals surface area contributed by atoms with Crippen molar-refractivity contribution in [3.63, 3.8) is 0 Å². The summed E-state index contributed by atoms with van der Waals surface area (Å²) in [5.41, 5.74) is 5.40. The summed E-state index contributed by atoms with van der Waals surface area (Å²) in [5.74, 6) is 0.319. The number of rotatable bonds is 5. The molecule has 3 heteroatoms. The summed E-state index contributed by atoms with van der Waals surface area (Å²) >= 11 is 0. The molecule has 1 aromatic heterocycles. The van der Waals surface area contributed by atoms with Gasteiger partial charge in [-0.1, -0.05) is 49.4 Å². The molecule has 0 radical (unpaired) electrons. The van der Waals surface area contributed by atoms with Gasteiger partial charge in [0, 0.05) is 17.5 Å². The van der Waals surface area contributed by atoms with Gasteiger partial charge in [0.05, 0.1) is 12.7 Å². The fraction of sp³-hybridized carbons (Fsp3) is 0.286. The summed E-state index contributed by atoms with van der Waals surface area (Å²) < 4.78 is 5.68. The van der Waals surface area contributed by atoms with Crippen molar-refractivity contribution in [1.29, 1.82) is 0 Å². The summed E-state index contributed by atoms with van der Waals surface area (Å²) in [6.45, 7) is 6.87. The first-order valence-electron chi connectivity index (χ1n) is 8.34. The Morgan fingerprint density at radius 1 is 1.12 bits per heavy atom. The Balaban J connectivity index is 1.64. The van der Waals surface area contributed by atoms with Crippen molar-refractivity contribution in [1.82, 2.24) is 5.32 Å². The van der Waals surface area contributed by atoms with E-state index in [2.05, 4.69) is 37.4 Å². The molecule has 24 heavy (non-hydrogen) atoms. The van der Waals surface area contributed by atoms with Crippen LogP contribution in [0.5, 0.6) is 0 Å². The molecule has 0 saturated carbocycles. The van der Waals surface area contributed by atoms with Gasteiger partial charge in [-0.3, -0.25) is 4.79 Å². The fourth-order valence-electron chi connectivity index (χ4n) is 2.93. The Hall–Kier alpha value is -2.55. The van der Waals surface area contributed by atoms with Gasteiger partial charge in [-0.05, 0) is 36.5 Å². The van der Waals surface area contributed by atoms with Crippen molar-refractivity contribution in [3.05, 3.63) is 71.0 Å². The first kappa shape index (κ1) is 16.3. The molecule has 0 aliphatic rings. The van der Waals surface area contributed by atoms with Gasteiger partial charge in [0.2, 0.25) is 5.91 Å². The van der Waals surface area contributed by atoms with Gasteiger partial charge in [-0.2, -0.15) is 0 Å². The van der Waals surface area contributed by atoms with Crippen molar-refractivity contribution >= 4 is 16.9 Å². The van der Waals surface area contributed by atoms with Crippen LogP contribution >= 0.6 is 0 Å². The number of aryl methyl sites for hydroxylation is 2. The van der Waals surface area contributed by atoms with Gasteiger partial charge in [0.1, 0.15) is 5.58 Å². The maximum Gasteiger partial charge on any atom is 0.224 e. The second-order valence-electron chi connectivity index (χ2n) is 6.44. The van der Waals surface area contributed by atoms with E-state index in [1.807, 2.05) is 31.2 Å². The number of furan rings is 1. The van der Waals surface area contributed by atoms with Crippen LogP contribution in [0.1, 0.15) is 35.1 Å². The Labute approximate surface area is 142 Å². The van der Waals surface area contributed by atoms with Crippen LogP contribution in [-0.4, -0.2) is 12.5 Å². The van der Waals surface area contributed by atoms with E-state index in [1.165, 1.54) is 11.1 Å². The molecule has 3 rings (SSSR count). The zero-order chi connectivity index (χ0) is 17.1. The average molecular weight is 321 g/mol. The molecule has 3 nitrogen and oxygen atoms in total. The average Bonchev–Trinajstić information content (AvgIpc) is 3.00. The Morgan fingerprint density at radius 3 is 2.62 bits per heavy atom. The molecule has 1 atom stereocenters. The summed E-state index contributed by atoms with van der Waals surface area (Å²) in [7, 11) is 0. The van der Waals surface area contributed by atoms with Gasteiger partial charge in [-0.25, -0.2) is 0 Å². The minimum absolute atomic E-state index is 0.0266. The molecule has 0 bridgehead atoms. The lowest BCUT2D eigenvalue weighted by molar-refractivity contribution is -0.120. The van der Waals surface area contributed by atoms with Crippen molar-refractivity contribution in [3.8, 4) is 0 Å². The van der Waals surface area contributed by atoms with Crippen LogP contribution in [0.4, 0.5) is 0 Å². The van der Waals surface area contributed by atoms with Gasteiger partial charge in [0.25, 0.3) is 0 Å². The van der Waals surface area contributed by atoms with E-state index in [1.54, 1.807) is 6.26 Å². The van der Waals surface area contributed by atoms with Crippen molar-refractivity contribution in [2.45, 2.75) is 33.1 Å². The number of benzene rings is 2. The lowest BCUT2D eigenvalue weighted by Crippen LogP contribution is -2.28. The van der Waals surface area contributed by atoms with Gasteiger partial charge >= 0.3 is 0 Å². The SMILES string of the molecule is Cc1ccc2c(CC(=O)NC[C@H](C)c3ccccc3)coc2c1C. The molecule has 1 amide bonds. The van der Waals surface area contributed by atoms with Crippen molar-refractivity contribution < 1.29 is 9.21 Å². The van der Waals surface area contributed by atoms with E-state index in [4.69, 9.17) is 4.42 Å². The number of carbonyl (C=O) groups is 1. The number of hydrogen-bond acceptors (Lipinski definition) is 2. The van der Waals surface area contributed by atoms with Crippen LogP contribution in [0, 0.1) is 13.8 Å². The molecule has 0 fully saturated rings. The molecular weight excluding hydrogens is 298 g/mol. The second-order valence-corrected chi connectivity index (χ2v) is 6.44. The molecule has 1 heterocycles. The van der Waals surface area contributed by atoms with E-state index in [9.17, 15) is 4.79 Å². The first-order chi connectivity index (χ1) is 11.6. The Morgan fingerprint density at radius 2 is 1.88 bits per heavy atom. The van der Waals surface area contributed by atoms with E-state index in [-0.39, 0.29) is 5.91 Å². The lowest BCUT2D eigenvalue weighted by atomic mass is 10.0. The predicted octanol–water partition coefficient (Wildman–Crippen LogP) is 4.51. The maximum absolute atomic E-state index is 12.3. The van der Waals surface area contributed by atoms with Crippen LogP contribution < -0.4 is 5.32 Å². The highest BCUT2D eigenvalue weighted by molar-refractivity contribution is 5.89. The number of carbonyl (C=O) groups excluding carboxylic acids is 1. The van der Waals surface area contributed by atoms with Gasteiger partial charge in [-0.15, -0.1) is 0 Å². The molecule has 0 unspecified atom stereocenters. The molecule has 3 aromatic rings. The second kappa shape index (κ2) is 6.91. The Bertz CT molecular complexity index is 849. The van der Waals surface area contributed by atoms with Crippen molar-refractivity contribution in [2.75, 3.05) is 6.54 Å². The van der Waals surface area contributed by atoms with Crippen LogP contribution in [0.25, 0.3) is 11.0 Å². The highest BCUT2D eigenvalue weighted by Gasteiger charge is 2.13. The smallest absolute Gasteiger partial charge is 0.224 e. The fourth-order valence-corrected chi connectivity index (χ4v) is 2.93. The maximum atomic E-state index is 12.3. The van der Waals surface area contributed by atoms with Gasteiger partial charge in [0.15, 0.2) is 0 Å². The molecule has 0 aliphatic carbocycles. The lowest BCUT2D eigenvalue weighted by Gasteiger charge is -2.12. The summed E-state index contributed by atoms with van der Waals surface area (Å²) in [6.07, 6.45) is 2.05. The predicted molar refractivity (Wildman–Crippen MR) is 97.3 cm³/mol. The monoisotopic (exact) mass is 321 g/mol. The minimum Gasteiger partial charge on any atom is -0.464 e. The zero-order valence-corrected chi connectivity index (χ0v) is 14.4. The molecule has 0 aliphatic heterocycles. The van der Waals surface area contributed by atoms with Gasteiger partial charge < -0.3 is 9.73 Å². The summed E-state index contributed by atoms with van der Waals surface area (Å²) in [6, 6.07) is 14.3. The molecule has 0 saturated heterocycles. The van der Waals surface area contributed by atoms with Crippen molar-refractivity contribution in [2.24, 2.45) is 0 Å². The summed E-state index contributed by atoms with van der Waals surface area (Å²) in [5, 5.41) is 4.06. The van der Waals surface area contributed by atoms with E-state index >= 15 is 0 Å². The number of amides is 1. The number of nitrogens with one attached hydrogen (secondary N) is 1. The number of fused-ring (bicyclic) bond motifs is 1. The van der Waals surface area contributed by atoms with E-state index in [0.29, 0.717) is 18.9 Å². The summed E-state index contributed by atoms with van der Waals surface area (Å²) in [4.78, 5) is 12.3. The molecule has 2 aromatic carbocycles. The van der Waals surface area contributed by atoms with Crippen LogP contribution in [0.3, 0.4) is 0 Å². The van der Waals surface area contributed by atoms with Crippen LogP contribution in [0.15, 0.2) is 53.1 Å². The number of hydrogen-bond donors (Lipinski definition) is 1. The zero-order valence-electron chi connectivity index (χ0n) is 14.4. The first-order valence-corrected chi connectivity index (χ1v) is 8.34. The largest absolute Gasteiger partial charge is 0.464 e. The molecule has 0 spiro atoms. The van der Waals surface area contributed by atoms with E-state index < -0.39 is 0 Å². The topological polar surface area (TPSA) is 42.2 Å². The normalized spacial score (nSPS) is 12.3. The molecule has 124 valence electrons. The highest BCUT2D eigenvalue weighted by Crippen LogP contribution is 2.26.